The van der Waals surface area contributed by atoms with Gasteiger partial charge in [-0.05, 0) is 104 Å². The van der Waals surface area contributed by atoms with Crippen molar-refractivity contribution in [1.82, 2.24) is 4.72 Å². The highest BCUT2D eigenvalue weighted by Gasteiger charge is 2.56. The largest absolute Gasteiger partial charge is 0.479 e. The molecule has 0 aromatic heterocycles. The van der Waals surface area contributed by atoms with Gasteiger partial charge in [-0.1, -0.05) is 23.7 Å². The fourth-order valence-corrected chi connectivity index (χ4v) is 9.13. The lowest BCUT2D eigenvalue weighted by Crippen LogP contribution is -2.57. The Morgan fingerprint density at radius 3 is 2.39 bits per heavy atom. The second-order valence-corrected chi connectivity index (χ2v) is 14.4. The maximum atomic E-state index is 13.2. The summed E-state index contributed by atoms with van der Waals surface area (Å²) in [5.74, 6) is 0.783. The van der Waals surface area contributed by atoms with Gasteiger partial charge in [-0.3, -0.25) is 4.99 Å². The summed E-state index contributed by atoms with van der Waals surface area (Å²) in [6.07, 6.45) is 4.45. The van der Waals surface area contributed by atoms with Crippen molar-refractivity contribution in [3.8, 4) is 11.8 Å². The van der Waals surface area contributed by atoms with Crippen molar-refractivity contribution in [3.63, 3.8) is 0 Å². The van der Waals surface area contributed by atoms with Crippen LogP contribution in [-0.2, 0) is 16.6 Å². The summed E-state index contributed by atoms with van der Waals surface area (Å²) in [4.78, 5) is 16.1. The molecule has 3 unspecified atom stereocenters. The molecule has 0 amide bonds. The third-order valence-corrected chi connectivity index (χ3v) is 10.8. The van der Waals surface area contributed by atoms with E-state index in [2.05, 4.69) is 10.8 Å². The van der Waals surface area contributed by atoms with E-state index in [9.17, 15) is 18.5 Å². The Morgan fingerprint density at radius 2 is 1.80 bits per heavy atom. The number of nitrogens with two attached hydrogens (primary N) is 1. The number of nitrogens with zero attached hydrogens (tertiary/aromatic N) is 2. The van der Waals surface area contributed by atoms with Crippen molar-refractivity contribution in [2.45, 2.75) is 63.6 Å². The minimum atomic E-state index is -3.57. The third-order valence-electron chi connectivity index (χ3n) is 8.95. The lowest BCUT2D eigenvalue weighted by Gasteiger charge is -2.59. The van der Waals surface area contributed by atoms with Crippen molar-refractivity contribution in [2.75, 3.05) is 5.75 Å². The quantitative estimate of drug-likeness (QED) is 0.249. The number of aliphatic imine (C=N–C) groups is 1. The predicted octanol–water partition coefficient (Wildman–Crippen LogP) is 4.76. The molecule has 0 saturated heterocycles. The first kappa shape index (κ1) is 29.4. The lowest BCUT2D eigenvalue weighted by atomic mass is 9.48. The molecule has 2 aromatic carbocycles. The molecule has 0 heterocycles. The van der Waals surface area contributed by atoms with Crippen LogP contribution in [0.15, 0.2) is 53.5 Å². The molecule has 4 aliphatic carbocycles. The van der Waals surface area contributed by atoms with Crippen LogP contribution >= 0.6 is 11.6 Å². The molecule has 11 heteroatoms. The number of nitrogens with one attached hydrogen (secondary N) is 1. The number of carbonyl (C=O) groups is 1. The van der Waals surface area contributed by atoms with Crippen molar-refractivity contribution in [1.29, 1.82) is 5.26 Å². The number of rotatable bonds is 11. The predicted molar refractivity (Wildman–Crippen MR) is 156 cm³/mol. The van der Waals surface area contributed by atoms with Crippen LogP contribution in [0.4, 0.5) is 0 Å². The Morgan fingerprint density at radius 1 is 1.17 bits per heavy atom. The van der Waals surface area contributed by atoms with Crippen LogP contribution in [0.1, 0.15) is 61.4 Å². The smallest absolute Gasteiger partial charge is 0.335 e. The number of hydrogen-bond acceptors (Lipinski definition) is 6. The zero-order chi connectivity index (χ0) is 29.4. The van der Waals surface area contributed by atoms with Crippen LogP contribution in [0.5, 0.6) is 5.75 Å². The Balaban J connectivity index is 1.27. The van der Waals surface area contributed by atoms with Gasteiger partial charge in [0.1, 0.15) is 11.6 Å². The molecule has 0 aliphatic heterocycles. The van der Waals surface area contributed by atoms with E-state index < -0.39 is 21.6 Å². The second kappa shape index (κ2) is 11.3. The van der Waals surface area contributed by atoms with Gasteiger partial charge >= 0.3 is 5.97 Å². The third kappa shape index (κ3) is 6.53. The molecule has 4 bridgehead atoms. The molecular weight excluding hydrogens is 564 g/mol. The summed E-state index contributed by atoms with van der Waals surface area (Å²) < 4.78 is 35.3. The van der Waals surface area contributed by atoms with E-state index in [1.807, 2.05) is 0 Å². The second-order valence-electron chi connectivity index (χ2n) is 12.2. The summed E-state index contributed by atoms with van der Waals surface area (Å²) in [7, 11) is -3.57. The van der Waals surface area contributed by atoms with Gasteiger partial charge in [0, 0.05) is 11.6 Å². The fourth-order valence-electron chi connectivity index (χ4n) is 7.36. The van der Waals surface area contributed by atoms with Gasteiger partial charge in [-0.25, -0.2) is 17.9 Å². The van der Waals surface area contributed by atoms with E-state index in [4.69, 9.17) is 32.2 Å². The molecule has 3 atom stereocenters. The maximum Gasteiger partial charge on any atom is 0.335 e. The van der Waals surface area contributed by atoms with Crippen molar-refractivity contribution < 1.29 is 23.1 Å². The van der Waals surface area contributed by atoms with Crippen LogP contribution in [0.25, 0.3) is 0 Å². The molecule has 0 radical (unpaired) electrons. The number of nitriles is 1. The number of aromatic carboxylic acids is 1. The SMILES string of the molecule is CC(CC#N)(Oc1ccc(Cl)cc1)C(N)=NC1C2CC3CC1CC(CS(=O)(=O)NCc1ccc(C(=O)O)cc1)(C3)C2. The van der Waals surface area contributed by atoms with Gasteiger partial charge in [-0.2, -0.15) is 5.26 Å². The number of hydrogen-bond donors (Lipinski definition) is 3. The minimum Gasteiger partial charge on any atom is -0.479 e. The molecule has 4 N–H and O–H groups in total. The lowest BCUT2D eigenvalue weighted by molar-refractivity contribution is -0.0538. The van der Waals surface area contributed by atoms with Crippen LogP contribution in [0.3, 0.4) is 0 Å². The maximum absolute atomic E-state index is 13.2. The van der Waals surface area contributed by atoms with E-state index in [1.165, 1.54) is 12.1 Å². The minimum absolute atomic E-state index is 0.0303. The highest BCUT2D eigenvalue weighted by Crippen LogP contribution is 2.61. The van der Waals surface area contributed by atoms with Gasteiger partial charge in [0.05, 0.1) is 29.8 Å². The summed E-state index contributed by atoms with van der Waals surface area (Å²) in [6, 6.07) is 15.2. The molecule has 4 fully saturated rings. The molecular formula is C30H35ClN4O5S. The van der Waals surface area contributed by atoms with Crippen LogP contribution < -0.4 is 15.2 Å². The Kier molecular flexibility index (Phi) is 8.07. The number of ether oxygens (including phenoxy) is 1. The monoisotopic (exact) mass is 598 g/mol. The zero-order valence-corrected chi connectivity index (χ0v) is 24.5. The Labute approximate surface area is 245 Å². The molecule has 218 valence electrons. The number of carboxylic acids is 1. The van der Waals surface area contributed by atoms with Crippen molar-refractivity contribution >= 4 is 33.4 Å². The fraction of sp³-hybridized carbons (Fsp3) is 0.500. The molecule has 9 nitrogen and oxygen atoms in total. The molecule has 4 aliphatic rings. The van der Waals surface area contributed by atoms with E-state index in [-0.39, 0.29) is 53.4 Å². The molecule has 4 saturated carbocycles. The number of sulfonamides is 1. The van der Waals surface area contributed by atoms with Crippen LogP contribution in [-0.4, -0.2) is 42.7 Å². The summed E-state index contributed by atoms with van der Waals surface area (Å²) in [5.41, 5.74) is 6.02. The highest BCUT2D eigenvalue weighted by atomic mass is 35.5. The van der Waals surface area contributed by atoms with Gasteiger partial charge in [0.2, 0.25) is 10.0 Å². The topological polar surface area (TPSA) is 155 Å². The van der Waals surface area contributed by atoms with Crippen LogP contribution in [0, 0.1) is 34.5 Å². The van der Waals surface area contributed by atoms with Gasteiger partial charge in [0.15, 0.2) is 5.60 Å². The van der Waals surface area contributed by atoms with E-state index >= 15 is 0 Å². The zero-order valence-electron chi connectivity index (χ0n) is 22.9. The Bertz CT molecular complexity index is 1460. The summed E-state index contributed by atoms with van der Waals surface area (Å²) >= 11 is 6.00. The highest BCUT2D eigenvalue weighted by molar-refractivity contribution is 7.89. The first-order valence-electron chi connectivity index (χ1n) is 13.8. The number of amidine groups is 1. The summed E-state index contributed by atoms with van der Waals surface area (Å²) in [6.45, 7) is 1.89. The van der Waals surface area contributed by atoms with Gasteiger partial charge in [0.25, 0.3) is 0 Å². The van der Waals surface area contributed by atoms with Crippen molar-refractivity contribution in [2.24, 2.45) is 33.9 Å². The first-order valence-corrected chi connectivity index (χ1v) is 15.9. The number of benzene rings is 2. The average molecular weight is 599 g/mol. The molecule has 6 rings (SSSR count). The van der Waals surface area contributed by atoms with E-state index in [0.29, 0.717) is 22.3 Å². The van der Waals surface area contributed by atoms with E-state index in [0.717, 1.165) is 32.1 Å². The summed E-state index contributed by atoms with van der Waals surface area (Å²) in [5, 5.41) is 19.2. The van der Waals surface area contributed by atoms with Crippen LogP contribution in [0.2, 0.25) is 5.02 Å². The first-order chi connectivity index (χ1) is 19.4. The number of carboxylic acid groups (broad SMARTS) is 1. The average Bonchev–Trinajstić information content (AvgIpc) is 2.90. The normalized spacial score (nSPS) is 28.6. The van der Waals surface area contributed by atoms with E-state index in [1.54, 1.807) is 43.3 Å². The van der Waals surface area contributed by atoms with Crippen molar-refractivity contribution in [3.05, 3.63) is 64.7 Å². The molecule has 0 spiro atoms. The standard InChI is InChI=1S/C30H35ClN4O5S/c1-29(10-11-32,40-25-8-6-24(31)7-9-25)28(33)35-26-22-12-20-13-23(26)16-30(14-20,15-22)18-41(38,39)34-17-19-2-4-21(5-3-19)27(36)37/h2-9,20,22-23,26,34H,10,12-18H2,1H3,(H2,33,35)(H,36,37). The molecule has 2 aromatic rings. The van der Waals surface area contributed by atoms with Gasteiger partial charge in [-0.15, -0.1) is 0 Å². The Hall–Kier alpha value is -3.13. The van der Waals surface area contributed by atoms with Gasteiger partial charge < -0.3 is 15.6 Å². The molecule has 41 heavy (non-hydrogen) atoms. The number of halogens is 1.